The van der Waals surface area contributed by atoms with Crippen LogP contribution in [0.3, 0.4) is 0 Å². The van der Waals surface area contributed by atoms with Crippen molar-refractivity contribution in [1.29, 1.82) is 0 Å². The number of rotatable bonds is 4. The molecule has 2 aliphatic rings. The number of hydrogen-bond donors (Lipinski definition) is 1. The van der Waals surface area contributed by atoms with Gasteiger partial charge in [0.25, 0.3) is 0 Å². The summed E-state index contributed by atoms with van der Waals surface area (Å²) in [6.45, 7) is 0.474. The maximum atomic E-state index is 12.2. The molecule has 2 rings (SSSR count). The molecule has 7 heteroatoms. The van der Waals surface area contributed by atoms with Gasteiger partial charge in [-0.25, -0.2) is 8.42 Å². The van der Waals surface area contributed by atoms with E-state index in [1.807, 2.05) is 11.8 Å². The molecule has 1 atom stereocenters. The van der Waals surface area contributed by atoms with Crippen LogP contribution in [0.25, 0.3) is 0 Å². The fourth-order valence-electron chi connectivity index (χ4n) is 2.78. The van der Waals surface area contributed by atoms with Crippen molar-refractivity contribution in [3.05, 3.63) is 0 Å². The van der Waals surface area contributed by atoms with Gasteiger partial charge in [0.05, 0.1) is 23.0 Å². The lowest BCUT2D eigenvalue weighted by Crippen LogP contribution is -2.47. The average molecular weight is 308 g/mol. The van der Waals surface area contributed by atoms with Gasteiger partial charge < -0.3 is 9.84 Å². The van der Waals surface area contributed by atoms with E-state index in [1.54, 1.807) is 0 Å². The number of thioether (sulfide) groups is 1. The second-order valence-corrected chi connectivity index (χ2v) is 8.89. The molecule has 0 radical (unpaired) electrons. The molecular formula is C12H20O5S2. The molecule has 0 aromatic carbocycles. The number of aliphatic carboxylic acids is 1. The molecule has 2 aliphatic heterocycles. The fraction of sp³-hybridized carbons (Fsp3) is 0.917. The Bertz CT molecular complexity index is 420. The quantitative estimate of drug-likeness (QED) is 0.843. The number of carbonyl (C=O) groups is 1. The van der Waals surface area contributed by atoms with E-state index in [0.29, 0.717) is 19.4 Å². The number of carboxylic acids is 1. The zero-order valence-corrected chi connectivity index (χ0v) is 12.5. The Hall–Kier alpha value is -0.270. The highest BCUT2D eigenvalue weighted by atomic mass is 32.2. The maximum absolute atomic E-state index is 12.2. The minimum Gasteiger partial charge on any atom is -0.481 e. The number of hydrogen-bond acceptors (Lipinski definition) is 5. The standard InChI is InChI=1S/C12H20O5S2/c13-11(14)2-8-19(15,16)10-1-5-17-12(9-10)3-6-18-7-4-12/h10H,1-9H2,(H,13,14). The van der Waals surface area contributed by atoms with Crippen LogP contribution in [-0.4, -0.2) is 54.2 Å². The summed E-state index contributed by atoms with van der Waals surface area (Å²) in [6, 6.07) is 0. The number of carboxylic acid groups (broad SMARTS) is 1. The molecule has 0 aromatic heterocycles. The Morgan fingerprint density at radius 1 is 1.37 bits per heavy atom. The molecule has 19 heavy (non-hydrogen) atoms. The zero-order valence-electron chi connectivity index (χ0n) is 10.8. The summed E-state index contributed by atoms with van der Waals surface area (Å²) in [5, 5.41) is 8.20. The van der Waals surface area contributed by atoms with Crippen molar-refractivity contribution >= 4 is 27.6 Å². The molecule has 110 valence electrons. The average Bonchev–Trinajstić information content (AvgIpc) is 2.37. The zero-order chi connectivity index (χ0) is 13.9. The highest BCUT2D eigenvalue weighted by molar-refractivity contribution is 7.99. The van der Waals surface area contributed by atoms with Crippen molar-refractivity contribution in [3.63, 3.8) is 0 Å². The van der Waals surface area contributed by atoms with Gasteiger partial charge in [0, 0.05) is 6.61 Å². The second-order valence-electron chi connectivity index (χ2n) is 5.27. The Morgan fingerprint density at radius 2 is 2.05 bits per heavy atom. The van der Waals surface area contributed by atoms with Crippen molar-refractivity contribution < 1.29 is 23.1 Å². The van der Waals surface area contributed by atoms with Crippen LogP contribution in [0, 0.1) is 0 Å². The molecule has 0 saturated carbocycles. The topological polar surface area (TPSA) is 80.7 Å². The van der Waals surface area contributed by atoms with Gasteiger partial charge in [-0.15, -0.1) is 0 Å². The molecule has 1 spiro atoms. The van der Waals surface area contributed by atoms with Crippen molar-refractivity contribution in [2.24, 2.45) is 0 Å². The molecule has 1 N–H and O–H groups in total. The van der Waals surface area contributed by atoms with Crippen molar-refractivity contribution in [2.45, 2.75) is 43.0 Å². The van der Waals surface area contributed by atoms with Gasteiger partial charge >= 0.3 is 5.97 Å². The summed E-state index contributed by atoms with van der Waals surface area (Å²) in [4.78, 5) is 10.5. The summed E-state index contributed by atoms with van der Waals surface area (Å²) in [7, 11) is -3.32. The fourth-order valence-corrected chi connectivity index (χ4v) is 5.82. The van der Waals surface area contributed by atoms with E-state index in [1.165, 1.54) is 0 Å². The Morgan fingerprint density at radius 3 is 2.68 bits per heavy atom. The largest absolute Gasteiger partial charge is 0.481 e. The number of sulfone groups is 1. The summed E-state index contributed by atoms with van der Waals surface area (Å²) in [5.74, 6) is 0.723. The van der Waals surface area contributed by atoms with E-state index in [2.05, 4.69) is 0 Å². The van der Waals surface area contributed by atoms with Crippen LogP contribution in [0.15, 0.2) is 0 Å². The van der Waals surface area contributed by atoms with Gasteiger partial charge in [-0.3, -0.25) is 4.79 Å². The van der Waals surface area contributed by atoms with E-state index < -0.39 is 21.1 Å². The third-order valence-corrected chi connectivity index (χ3v) is 7.14. The molecule has 0 aliphatic carbocycles. The van der Waals surface area contributed by atoms with Crippen LogP contribution in [0.4, 0.5) is 0 Å². The second kappa shape index (κ2) is 6.01. The van der Waals surface area contributed by atoms with Gasteiger partial charge in [-0.1, -0.05) is 0 Å². The summed E-state index contributed by atoms with van der Waals surface area (Å²) in [5.41, 5.74) is -0.273. The van der Waals surface area contributed by atoms with Crippen LogP contribution in [0.1, 0.15) is 32.1 Å². The van der Waals surface area contributed by atoms with E-state index in [9.17, 15) is 13.2 Å². The molecule has 1 unspecified atom stereocenters. The number of ether oxygens (including phenoxy) is 1. The summed E-state index contributed by atoms with van der Waals surface area (Å²) >= 11 is 1.88. The van der Waals surface area contributed by atoms with Gasteiger partial charge in [0.15, 0.2) is 9.84 Å². The molecule has 2 heterocycles. The van der Waals surface area contributed by atoms with Crippen LogP contribution >= 0.6 is 11.8 Å². The molecular weight excluding hydrogens is 288 g/mol. The van der Waals surface area contributed by atoms with E-state index in [-0.39, 0.29) is 17.8 Å². The lowest BCUT2D eigenvalue weighted by molar-refractivity contribution is -0.136. The van der Waals surface area contributed by atoms with Gasteiger partial charge in [-0.2, -0.15) is 11.8 Å². The smallest absolute Gasteiger partial charge is 0.304 e. The summed E-state index contributed by atoms with van der Waals surface area (Å²) < 4.78 is 30.2. The third-order valence-electron chi connectivity index (χ3n) is 3.96. The van der Waals surface area contributed by atoms with E-state index in [0.717, 1.165) is 24.3 Å². The van der Waals surface area contributed by atoms with E-state index in [4.69, 9.17) is 9.84 Å². The first-order chi connectivity index (χ1) is 8.94. The van der Waals surface area contributed by atoms with Gasteiger partial charge in [-0.05, 0) is 37.2 Å². The van der Waals surface area contributed by atoms with Crippen molar-refractivity contribution in [3.8, 4) is 0 Å². The van der Waals surface area contributed by atoms with E-state index >= 15 is 0 Å². The molecule has 0 amide bonds. The van der Waals surface area contributed by atoms with Crippen molar-refractivity contribution in [1.82, 2.24) is 0 Å². The lowest BCUT2D eigenvalue weighted by Gasteiger charge is -2.43. The molecule has 0 bridgehead atoms. The molecule has 5 nitrogen and oxygen atoms in total. The van der Waals surface area contributed by atoms with Crippen LogP contribution in [0.5, 0.6) is 0 Å². The predicted molar refractivity (Wildman–Crippen MR) is 74.3 cm³/mol. The van der Waals surface area contributed by atoms with Crippen molar-refractivity contribution in [2.75, 3.05) is 23.9 Å². The normalized spacial score (nSPS) is 27.3. The van der Waals surface area contributed by atoms with Gasteiger partial charge in [0.2, 0.25) is 0 Å². The van der Waals surface area contributed by atoms with Gasteiger partial charge in [0.1, 0.15) is 0 Å². The molecule has 2 fully saturated rings. The first kappa shape index (κ1) is 15.1. The van der Waals surface area contributed by atoms with Crippen LogP contribution < -0.4 is 0 Å². The SMILES string of the molecule is O=C(O)CCS(=O)(=O)C1CCOC2(CCSCC2)C1. The molecule has 0 aromatic rings. The lowest BCUT2D eigenvalue weighted by atomic mass is 9.88. The highest BCUT2D eigenvalue weighted by Crippen LogP contribution is 2.39. The minimum atomic E-state index is -3.32. The maximum Gasteiger partial charge on any atom is 0.304 e. The monoisotopic (exact) mass is 308 g/mol. The summed E-state index contributed by atoms with van der Waals surface area (Å²) in [6.07, 6.45) is 2.54. The Balaban J connectivity index is 2.01. The minimum absolute atomic E-state index is 0.252. The highest BCUT2D eigenvalue weighted by Gasteiger charge is 2.42. The Labute approximate surface area is 118 Å². The third kappa shape index (κ3) is 3.86. The Kier molecular flexibility index (Phi) is 4.79. The van der Waals surface area contributed by atoms with Crippen LogP contribution in [-0.2, 0) is 19.4 Å². The molecule has 2 saturated heterocycles. The first-order valence-electron chi connectivity index (χ1n) is 6.59. The van der Waals surface area contributed by atoms with Crippen LogP contribution in [0.2, 0.25) is 0 Å². The predicted octanol–water partition coefficient (Wildman–Crippen LogP) is 1.32. The first-order valence-corrected chi connectivity index (χ1v) is 9.46.